The quantitative estimate of drug-likeness (QED) is 0.864. The normalized spacial score (nSPS) is 20.4. The molecule has 1 fully saturated rings. The summed E-state index contributed by atoms with van der Waals surface area (Å²) in [7, 11) is 1.78. The average Bonchev–Trinajstić information content (AvgIpc) is 2.40. The minimum Gasteiger partial charge on any atom is -0.387 e. The number of β-amino-alcohol motifs (C(OH)–C–C–N with tert-alkyl or cyclic N) is 1. The van der Waals surface area contributed by atoms with E-state index in [-0.39, 0.29) is 6.10 Å². The van der Waals surface area contributed by atoms with E-state index >= 15 is 0 Å². The van der Waals surface area contributed by atoms with Crippen LogP contribution >= 0.6 is 0 Å². The van der Waals surface area contributed by atoms with Crippen LogP contribution in [-0.4, -0.2) is 42.9 Å². The van der Waals surface area contributed by atoms with Gasteiger partial charge in [0.1, 0.15) is 0 Å². The van der Waals surface area contributed by atoms with Crippen molar-refractivity contribution in [2.75, 3.05) is 26.7 Å². The molecule has 1 aliphatic rings. The molecular formula is C14H21NO2. The van der Waals surface area contributed by atoms with Gasteiger partial charge >= 0.3 is 0 Å². The third kappa shape index (κ3) is 3.53. The molecule has 3 nitrogen and oxygen atoms in total. The lowest BCUT2D eigenvalue weighted by Gasteiger charge is -2.32. The molecule has 1 unspecified atom stereocenters. The second kappa shape index (κ2) is 6.15. The number of likely N-dealkylation sites (tertiary alicyclic amines) is 1. The van der Waals surface area contributed by atoms with Crippen molar-refractivity contribution < 1.29 is 9.84 Å². The van der Waals surface area contributed by atoms with Crippen LogP contribution in [0.25, 0.3) is 0 Å². The molecule has 1 atom stereocenters. The largest absolute Gasteiger partial charge is 0.387 e. The fraction of sp³-hybridized carbons (Fsp3) is 0.571. The van der Waals surface area contributed by atoms with Crippen LogP contribution in [0.4, 0.5) is 0 Å². The van der Waals surface area contributed by atoms with Crippen LogP contribution in [0.2, 0.25) is 0 Å². The zero-order chi connectivity index (χ0) is 12.1. The lowest BCUT2D eigenvalue weighted by atomic mass is 10.1. The molecule has 1 saturated heterocycles. The van der Waals surface area contributed by atoms with Gasteiger partial charge in [-0.1, -0.05) is 30.3 Å². The third-order valence-corrected chi connectivity index (χ3v) is 3.48. The second-order valence-corrected chi connectivity index (χ2v) is 4.66. The predicted molar refractivity (Wildman–Crippen MR) is 67.9 cm³/mol. The van der Waals surface area contributed by atoms with E-state index in [2.05, 4.69) is 4.90 Å². The third-order valence-electron chi connectivity index (χ3n) is 3.48. The van der Waals surface area contributed by atoms with Crippen LogP contribution < -0.4 is 0 Å². The first kappa shape index (κ1) is 12.6. The molecule has 0 spiro atoms. The maximum Gasteiger partial charge on any atom is 0.0916 e. The van der Waals surface area contributed by atoms with E-state index in [1.165, 1.54) is 0 Å². The van der Waals surface area contributed by atoms with E-state index in [0.29, 0.717) is 6.10 Å². The lowest BCUT2D eigenvalue weighted by molar-refractivity contribution is 0.0242. The van der Waals surface area contributed by atoms with Gasteiger partial charge in [0.25, 0.3) is 0 Å². The van der Waals surface area contributed by atoms with E-state index in [1.807, 2.05) is 30.3 Å². The SMILES string of the molecule is COC1CCN(CC(O)c2ccccc2)CC1. The van der Waals surface area contributed by atoms with E-state index < -0.39 is 0 Å². The highest BCUT2D eigenvalue weighted by Crippen LogP contribution is 2.18. The molecule has 3 heteroatoms. The Morgan fingerprint density at radius 2 is 1.94 bits per heavy atom. The molecule has 94 valence electrons. The molecular weight excluding hydrogens is 214 g/mol. The Morgan fingerprint density at radius 3 is 2.53 bits per heavy atom. The molecule has 2 rings (SSSR count). The molecule has 0 amide bonds. The van der Waals surface area contributed by atoms with E-state index in [0.717, 1.165) is 38.0 Å². The van der Waals surface area contributed by atoms with Gasteiger partial charge in [-0.2, -0.15) is 0 Å². The number of aliphatic hydroxyl groups excluding tert-OH is 1. The van der Waals surface area contributed by atoms with Crippen LogP contribution in [0.3, 0.4) is 0 Å². The summed E-state index contributed by atoms with van der Waals surface area (Å²) in [5.74, 6) is 0. The summed E-state index contributed by atoms with van der Waals surface area (Å²) >= 11 is 0. The number of ether oxygens (including phenoxy) is 1. The number of hydrogen-bond donors (Lipinski definition) is 1. The molecule has 0 aliphatic carbocycles. The summed E-state index contributed by atoms with van der Waals surface area (Å²) in [5.41, 5.74) is 1.00. The molecule has 0 radical (unpaired) electrons. The van der Waals surface area contributed by atoms with E-state index in [9.17, 15) is 5.11 Å². The van der Waals surface area contributed by atoms with E-state index in [1.54, 1.807) is 7.11 Å². The number of hydrogen-bond acceptors (Lipinski definition) is 3. The number of benzene rings is 1. The second-order valence-electron chi connectivity index (χ2n) is 4.66. The standard InChI is InChI=1S/C14H21NO2/c1-17-13-7-9-15(10-8-13)11-14(16)12-5-3-2-4-6-12/h2-6,13-14,16H,7-11H2,1H3. The van der Waals surface area contributed by atoms with Crippen molar-refractivity contribution in [2.24, 2.45) is 0 Å². The van der Waals surface area contributed by atoms with Gasteiger partial charge in [-0.25, -0.2) is 0 Å². The molecule has 0 aromatic heterocycles. The fourth-order valence-electron chi connectivity index (χ4n) is 2.35. The first-order valence-electron chi connectivity index (χ1n) is 6.27. The molecule has 1 heterocycles. The highest BCUT2D eigenvalue weighted by atomic mass is 16.5. The molecule has 1 N–H and O–H groups in total. The Bertz CT molecular complexity index is 320. The summed E-state index contributed by atoms with van der Waals surface area (Å²) < 4.78 is 5.34. The monoisotopic (exact) mass is 235 g/mol. The summed E-state index contributed by atoms with van der Waals surface area (Å²) in [6.45, 7) is 2.76. The van der Waals surface area contributed by atoms with Crippen LogP contribution in [-0.2, 0) is 4.74 Å². The van der Waals surface area contributed by atoms with Crippen LogP contribution in [0.15, 0.2) is 30.3 Å². The van der Waals surface area contributed by atoms with E-state index in [4.69, 9.17) is 4.74 Å². The molecule has 0 bridgehead atoms. The van der Waals surface area contributed by atoms with Crippen molar-refractivity contribution >= 4 is 0 Å². The smallest absolute Gasteiger partial charge is 0.0916 e. The summed E-state index contributed by atoms with van der Waals surface area (Å²) in [4.78, 5) is 2.31. The Morgan fingerprint density at radius 1 is 1.29 bits per heavy atom. The minimum absolute atomic E-state index is 0.379. The van der Waals surface area contributed by atoms with Crippen molar-refractivity contribution in [1.82, 2.24) is 4.90 Å². The number of piperidine rings is 1. The van der Waals surface area contributed by atoms with Gasteiger partial charge in [0, 0.05) is 26.7 Å². The summed E-state index contributed by atoms with van der Waals surface area (Å²) in [6.07, 6.45) is 2.16. The van der Waals surface area contributed by atoms with Gasteiger partial charge in [-0.15, -0.1) is 0 Å². The average molecular weight is 235 g/mol. The number of methoxy groups -OCH3 is 1. The highest BCUT2D eigenvalue weighted by Gasteiger charge is 2.20. The molecule has 1 aromatic rings. The molecule has 1 aliphatic heterocycles. The van der Waals surface area contributed by atoms with Crippen molar-refractivity contribution in [3.05, 3.63) is 35.9 Å². The van der Waals surface area contributed by atoms with Crippen molar-refractivity contribution in [3.8, 4) is 0 Å². The van der Waals surface area contributed by atoms with Crippen LogP contribution in [0, 0.1) is 0 Å². The highest BCUT2D eigenvalue weighted by molar-refractivity contribution is 5.17. The lowest BCUT2D eigenvalue weighted by Crippen LogP contribution is -2.38. The Hall–Kier alpha value is -0.900. The maximum atomic E-state index is 10.1. The number of rotatable bonds is 4. The van der Waals surface area contributed by atoms with Crippen molar-refractivity contribution in [2.45, 2.75) is 25.0 Å². The van der Waals surface area contributed by atoms with Gasteiger partial charge in [0.2, 0.25) is 0 Å². The zero-order valence-corrected chi connectivity index (χ0v) is 10.4. The molecule has 1 aromatic carbocycles. The van der Waals surface area contributed by atoms with Gasteiger partial charge in [-0.05, 0) is 18.4 Å². The Balaban J connectivity index is 1.82. The first-order chi connectivity index (χ1) is 8.29. The van der Waals surface area contributed by atoms with Crippen LogP contribution in [0.5, 0.6) is 0 Å². The van der Waals surface area contributed by atoms with Crippen LogP contribution in [0.1, 0.15) is 24.5 Å². The molecule has 17 heavy (non-hydrogen) atoms. The number of nitrogens with zero attached hydrogens (tertiary/aromatic N) is 1. The fourth-order valence-corrected chi connectivity index (χ4v) is 2.35. The topological polar surface area (TPSA) is 32.7 Å². The predicted octanol–water partition coefficient (Wildman–Crippen LogP) is 1.83. The van der Waals surface area contributed by atoms with Crippen molar-refractivity contribution in [3.63, 3.8) is 0 Å². The molecule has 0 saturated carbocycles. The van der Waals surface area contributed by atoms with Gasteiger partial charge < -0.3 is 14.7 Å². The first-order valence-corrected chi connectivity index (χ1v) is 6.27. The van der Waals surface area contributed by atoms with Gasteiger partial charge in [-0.3, -0.25) is 0 Å². The van der Waals surface area contributed by atoms with Gasteiger partial charge in [0.05, 0.1) is 12.2 Å². The van der Waals surface area contributed by atoms with Crippen molar-refractivity contribution in [1.29, 1.82) is 0 Å². The van der Waals surface area contributed by atoms with Gasteiger partial charge in [0.15, 0.2) is 0 Å². The summed E-state index contributed by atoms with van der Waals surface area (Å²) in [5, 5.41) is 10.1. The zero-order valence-electron chi connectivity index (χ0n) is 10.4. The Kier molecular flexibility index (Phi) is 4.54. The maximum absolute atomic E-state index is 10.1. The number of aliphatic hydroxyl groups is 1. The Labute approximate surface area is 103 Å². The summed E-state index contributed by atoms with van der Waals surface area (Å²) in [6, 6.07) is 9.87. The minimum atomic E-state index is -0.379.